The third-order valence-electron chi connectivity index (χ3n) is 8.13. The van der Waals surface area contributed by atoms with Crippen molar-refractivity contribution in [2.24, 2.45) is 11.1 Å². The zero-order valence-corrected chi connectivity index (χ0v) is 29.6. The summed E-state index contributed by atoms with van der Waals surface area (Å²) in [6.45, 7) is 5.39. The second-order valence-electron chi connectivity index (χ2n) is 13.2. The number of ether oxygens (including phenoxy) is 2. The second kappa shape index (κ2) is 19.0. The predicted molar refractivity (Wildman–Crippen MR) is 190 cm³/mol. The molecule has 0 bridgehead atoms. The number of nitrogens with one attached hydrogen (secondary N) is 4. The van der Waals surface area contributed by atoms with E-state index in [-0.39, 0.29) is 19.3 Å². The molecule has 7 N–H and O–H groups in total. The van der Waals surface area contributed by atoms with E-state index in [0.29, 0.717) is 0 Å². The summed E-state index contributed by atoms with van der Waals surface area (Å²) in [5.41, 5.74) is 7.95. The van der Waals surface area contributed by atoms with Crippen LogP contribution in [0.4, 0.5) is 9.59 Å². The molecule has 5 amide bonds. The topological polar surface area (TPSA) is 211 Å². The highest BCUT2D eigenvalue weighted by molar-refractivity contribution is 5.90. The van der Waals surface area contributed by atoms with Crippen molar-refractivity contribution in [2.45, 2.75) is 76.7 Å². The third-order valence-corrected chi connectivity index (χ3v) is 8.13. The Bertz CT molecular complexity index is 1600. The van der Waals surface area contributed by atoms with E-state index in [1.54, 1.807) is 27.0 Å². The van der Waals surface area contributed by atoms with Gasteiger partial charge in [0.05, 0.1) is 38.5 Å². The van der Waals surface area contributed by atoms with E-state index in [2.05, 4.69) is 31.0 Å². The Hall–Kier alpha value is -5.50. The average Bonchev–Trinajstić information content (AvgIpc) is 3.10. The maximum absolute atomic E-state index is 13.8. The lowest BCUT2D eigenvalue weighted by atomic mass is 9.85. The standard InChI is InChI=1S/C37H48N6O8/c1-37(2,3)32(43-36(49)51-5)34(47)40-26(19-24-14-16-25(17-15-24)27-13-9-10-18-39-27)21-30(44)28(20-23-11-7-6-8-12-23)41-33(46)29(22-31(38)45)42-35(48)50-4/h6-18,26,28-30,32,44H,19-22H2,1-5H3,(H2,38,45)(H,40,47)(H,41,46)(H,42,48)(H,43,49)/t26-,28-,29-,30-,32+/m0/s1. The number of carbonyl (C=O) groups excluding carboxylic acids is 5. The molecular formula is C37H48N6O8. The minimum Gasteiger partial charge on any atom is -0.453 e. The molecule has 0 unspecified atom stereocenters. The number of aromatic nitrogens is 1. The molecule has 0 aliphatic heterocycles. The number of alkyl carbamates (subject to hydrolysis) is 2. The Morgan fingerprint density at radius 3 is 1.94 bits per heavy atom. The van der Waals surface area contributed by atoms with Gasteiger partial charge in [0.1, 0.15) is 12.1 Å². The summed E-state index contributed by atoms with van der Waals surface area (Å²) in [7, 11) is 2.32. The van der Waals surface area contributed by atoms with Crippen LogP contribution >= 0.6 is 0 Å². The number of benzene rings is 2. The van der Waals surface area contributed by atoms with Crippen molar-refractivity contribution in [3.63, 3.8) is 0 Å². The quantitative estimate of drug-likeness (QED) is 0.129. The van der Waals surface area contributed by atoms with Crippen molar-refractivity contribution in [2.75, 3.05) is 14.2 Å². The van der Waals surface area contributed by atoms with Crippen molar-refractivity contribution >= 4 is 29.9 Å². The molecule has 274 valence electrons. The van der Waals surface area contributed by atoms with Gasteiger partial charge in [-0.3, -0.25) is 19.4 Å². The highest BCUT2D eigenvalue weighted by atomic mass is 16.5. The molecular weight excluding hydrogens is 656 g/mol. The average molecular weight is 705 g/mol. The maximum Gasteiger partial charge on any atom is 0.407 e. The van der Waals surface area contributed by atoms with E-state index in [0.717, 1.165) is 29.5 Å². The molecule has 5 atom stereocenters. The number of rotatable bonds is 16. The zero-order valence-electron chi connectivity index (χ0n) is 29.6. The Kier molecular flexibility index (Phi) is 14.9. The first-order valence-electron chi connectivity index (χ1n) is 16.5. The largest absolute Gasteiger partial charge is 0.453 e. The number of methoxy groups -OCH3 is 2. The van der Waals surface area contributed by atoms with Crippen LogP contribution < -0.4 is 27.0 Å². The molecule has 0 saturated heterocycles. The number of primary amides is 1. The molecule has 1 heterocycles. The van der Waals surface area contributed by atoms with Crippen LogP contribution in [-0.4, -0.2) is 84.5 Å². The first-order chi connectivity index (χ1) is 24.2. The van der Waals surface area contributed by atoms with Gasteiger partial charge >= 0.3 is 12.2 Å². The summed E-state index contributed by atoms with van der Waals surface area (Å²) in [5, 5.41) is 22.5. The third kappa shape index (κ3) is 13.0. The van der Waals surface area contributed by atoms with Crippen LogP contribution in [0.25, 0.3) is 11.3 Å². The second-order valence-corrected chi connectivity index (χ2v) is 13.2. The lowest BCUT2D eigenvalue weighted by molar-refractivity contribution is -0.128. The van der Waals surface area contributed by atoms with Crippen LogP contribution in [0.5, 0.6) is 0 Å². The molecule has 14 nitrogen and oxygen atoms in total. The summed E-state index contributed by atoms with van der Waals surface area (Å²) in [4.78, 5) is 67.5. The number of carbonyl (C=O) groups is 5. The van der Waals surface area contributed by atoms with Gasteiger partial charge in [-0.2, -0.15) is 0 Å². The Labute approximate surface area is 297 Å². The fourth-order valence-corrected chi connectivity index (χ4v) is 5.46. The number of pyridine rings is 1. The number of nitrogens with two attached hydrogens (primary N) is 1. The van der Waals surface area contributed by atoms with Gasteiger partial charge in [0, 0.05) is 17.8 Å². The highest BCUT2D eigenvalue weighted by Gasteiger charge is 2.36. The molecule has 0 saturated carbocycles. The van der Waals surface area contributed by atoms with Crippen LogP contribution in [-0.2, 0) is 36.7 Å². The normalized spacial score (nSPS) is 14.1. The van der Waals surface area contributed by atoms with Gasteiger partial charge in [-0.05, 0) is 47.9 Å². The van der Waals surface area contributed by atoms with Crippen molar-refractivity contribution in [1.29, 1.82) is 0 Å². The van der Waals surface area contributed by atoms with Gasteiger partial charge in [0.2, 0.25) is 17.7 Å². The molecule has 2 aromatic carbocycles. The Morgan fingerprint density at radius 1 is 0.765 bits per heavy atom. The number of aliphatic hydroxyl groups excluding tert-OH is 1. The lowest BCUT2D eigenvalue weighted by Gasteiger charge is -2.33. The molecule has 0 aliphatic rings. The fourth-order valence-electron chi connectivity index (χ4n) is 5.46. The van der Waals surface area contributed by atoms with Crippen molar-refractivity contribution in [1.82, 2.24) is 26.3 Å². The van der Waals surface area contributed by atoms with E-state index in [9.17, 15) is 29.1 Å². The summed E-state index contributed by atoms with van der Waals surface area (Å²) < 4.78 is 9.36. The van der Waals surface area contributed by atoms with Gasteiger partial charge in [0.15, 0.2) is 0 Å². The number of amides is 5. The van der Waals surface area contributed by atoms with E-state index in [1.165, 1.54) is 7.11 Å². The monoisotopic (exact) mass is 704 g/mol. The minimum atomic E-state index is -1.37. The minimum absolute atomic E-state index is 0.0362. The molecule has 0 aliphatic carbocycles. The smallest absolute Gasteiger partial charge is 0.407 e. The Morgan fingerprint density at radius 2 is 1.37 bits per heavy atom. The molecule has 3 aromatic rings. The van der Waals surface area contributed by atoms with Crippen molar-refractivity contribution < 1.29 is 38.6 Å². The fraction of sp³-hybridized carbons (Fsp3) is 0.405. The van der Waals surface area contributed by atoms with Gasteiger partial charge in [0.25, 0.3) is 0 Å². The Balaban J connectivity index is 1.94. The molecule has 14 heteroatoms. The first kappa shape index (κ1) is 39.9. The van der Waals surface area contributed by atoms with E-state index < -0.39 is 72.0 Å². The predicted octanol–water partition coefficient (Wildman–Crippen LogP) is 2.63. The highest BCUT2D eigenvalue weighted by Crippen LogP contribution is 2.22. The van der Waals surface area contributed by atoms with Crippen LogP contribution in [0.2, 0.25) is 0 Å². The molecule has 51 heavy (non-hydrogen) atoms. The van der Waals surface area contributed by atoms with Gasteiger partial charge in [-0.15, -0.1) is 0 Å². The summed E-state index contributed by atoms with van der Waals surface area (Å²) in [5.74, 6) is -2.10. The van der Waals surface area contributed by atoms with Crippen molar-refractivity contribution in [3.05, 3.63) is 90.1 Å². The first-order valence-corrected chi connectivity index (χ1v) is 16.5. The summed E-state index contributed by atoms with van der Waals surface area (Å²) in [6.07, 6.45) is -1.36. The number of nitrogens with zero attached hydrogens (tertiary/aromatic N) is 1. The van der Waals surface area contributed by atoms with Gasteiger partial charge in [-0.25, -0.2) is 9.59 Å². The molecule has 3 rings (SSSR count). The summed E-state index contributed by atoms with van der Waals surface area (Å²) >= 11 is 0. The van der Waals surface area contributed by atoms with Crippen LogP contribution in [0.15, 0.2) is 79.0 Å². The van der Waals surface area contributed by atoms with Crippen LogP contribution in [0.3, 0.4) is 0 Å². The molecule has 1 aromatic heterocycles. The zero-order chi connectivity index (χ0) is 37.6. The summed E-state index contributed by atoms with van der Waals surface area (Å²) in [6, 6.07) is 18.4. The number of hydrogen-bond acceptors (Lipinski definition) is 9. The van der Waals surface area contributed by atoms with Crippen molar-refractivity contribution in [3.8, 4) is 11.3 Å². The molecule has 0 fully saturated rings. The number of aliphatic hydroxyl groups is 1. The maximum atomic E-state index is 13.8. The van der Waals surface area contributed by atoms with Gasteiger partial charge in [-0.1, -0.05) is 81.4 Å². The van der Waals surface area contributed by atoms with Crippen LogP contribution in [0, 0.1) is 5.41 Å². The number of hydrogen-bond donors (Lipinski definition) is 6. The molecule has 0 radical (unpaired) electrons. The SMILES string of the molecule is COC(=O)N[C@@H](CC(N)=O)C(=O)N[C@@H](Cc1ccccc1)[C@@H](O)C[C@H](Cc1ccc(-c2ccccn2)cc1)NC(=O)[C@@H](NC(=O)OC)C(C)(C)C. The molecule has 0 spiro atoms. The van der Waals surface area contributed by atoms with E-state index in [4.69, 9.17) is 10.5 Å². The lowest BCUT2D eigenvalue weighted by Crippen LogP contribution is -2.57. The van der Waals surface area contributed by atoms with Crippen LogP contribution in [0.1, 0.15) is 44.7 Å². The van der Waals surface area contributed by atoms with E-state index in [1.807, 2.05) is 72.8 Å². The van der Waals surface area contributed by atoms with Gasteiger partial charge < -0.3 is 41.6 Å². The van der Waals surface area contributed by atoms with E-state index >= 15 is 0 Å².